The molecule has 3 rings (SSSR count). The Bertz CT molecular complexity index is 674. The number of aromatic hydroxyl groups is 1. The molecule has 2 atom stereocenters. The Morgan fingerprint density at radius 3 is 2.39 bits per heavy atom. The molecule has 2 N–H and O–H groups in total. The number of hydrogen-bond acceptors (Lipinski definition) is 3. The summed E-state index contributed by atoms with van der Waals surface area (Å²) >= 11 is 0. The molecule has 0 aliphatic heterocycles. The van der Waals surface area contributed by atoms with Gasteiger partial charge < -0.3 is 10.2 Å². The van der Waals surface area contributed by atoms with Crippen LogP contribution in [0.2, 0.25) is 0 Å². The summed E-state index contributed by atoms with van der Waals surface area (Å²) in [5.41, 5.74) is 0.446. The van der Waals surface area contributed by atoms with Gasteiger partial charge in [0, 0.05) is 17.4 Å². The molecule has 1 fully saturated rings. The molecule has 1 aromatic rings. The van der Waals surface area contributed by atoms with Crippen LogP contribution in [-0.4, -0.2) is 21.6 Å². The SMILES string of the molecule is CC(C)c1cc2c(cc1O)C1(C)CCCC(C)(C)C1(O)CC2=O. The van der Waals surface area contributed by atoms with Gasteiger partial charge in [-0.25, -0.2) is 0 Å². The number of benzene rings is 1. The van der Waals surface area contributed by atoms with Crippen LogP contribution >= 0.6 is 0 Å². The lowest BCUT2D eigenvalue weighted by atomic mass is 9.47. The number of carbonyl (C=O) groups excluding carboxylic acids is 1. The number of phenols is 1. The number of ketones is 1. The largest absolute Gasteiger partial charge is 0.508 e. The molecule has 3 heteroatoms. The summed E-state index contributed by atoms with van der Waals surface area (Å²) in [5, 5.41) is 22.0. The second-order valence-corrected chi connectivity index (χ2v) is 8.64. The van der Waals surface area contributed by atoms with Gasteiger partial charge in [0.25, 0.3) is 0 Å². The molecule has 0 radical (unpaired) electrons. The molecule has 126 valence electrons. The number of phenolic OH excluding ortho intramolecular Hbond substituents is 1. The Hall–Kier alpha value is -1.35. The van der Waals surface area contributed by atoms with Crippen LogP contribution in [0.3, 0.4) is 0 Å². The lowest BCUT2D eigenvalue weighted by molar-refractivity contribution is -0.150. The van der Waals surface area contributed by atoms with Crippen LogP contribution in [0.25, 0.3) is 0 Å². The second-order valence-electron chi connectivity index (χ2n) is 8.64. The molecular formula is C20H28O3. The van der Waals surface area contributed by atoms with Crippen LogP contribution < -0.4 is 0 Å². The molecule has 2 aliphatic rings. The molecule has 0 heterocycles. The van der Waals surface area contributed by atoms with E-state index < -0.39 is 11.0 Å². The second kappa shape index (κ2) is 4.83. The van der Waals surface area contributed by atoms with Crippen molar-refractivity contribution in [2.45, 2.75) is 77.2 Å². The quantitative estimate of drug-likeness (QED) is 0.812. The average molecular weight is 316 g/mol. The van der Waals surface area contributed by atoms with Gasteiger partial charge in [-0.1, -0.05) is 41.0 Å². The van der Waals surface area contributed by atoms with Crippen LogP contribution in [0, 0.1) is 5.41 Å². The smallest absolute Gasteiger partial charge is 0.166 e. The highest BCUT2D eigenvalue weighted by atomic mass is 16.3. The summed E-state index contributed by atoms with van der Waals surface area (Å²) in [6.45, 7) is 10.2. The maximum atomic E-state index is 12.8. The van der Waals surface area contributed by atoms with Crippen LogP contribution in [-0.2, 0) is 5.41 Å². The molecule has 1 saturated carbocycles. The van der Waals surface area contributed by atoms with E-state index in [4.69, 9.17) is 0 Å². The van der Waals surface area contributed by atoms with Crippen molar-refractivity contribution < 1.29 is 15.0 Å². The first-order valence-electron chi connectivity index (χ1n) is 8.66. The van der Waals surface area contributed by atoms with Crippen LogP contribution in [0.1, 0.15) is 87.7 Å². The zero-order valence-electron chi connectivity index (χ0n) is 14.9. The van der Waals surface area contributed by atoms with E-state index >= 15 is 0 Å². The van der Waals surface area contributed by atoms with E-state index in [0.717, 1.165) is 30.4 Å². The predicted octanol–water partition coefficient (Wildman–Crippen LogP) is 4.30. The Morgan fingerprint density at radius 1 is 1.13 bits per heavy atom. The molecule has 23 heavy (non-hydrogen) atoms. The average Bonchev–Trinajstić information content (AvgIpc) is 2.43. The van der Waals surface area contributed by atoms with Crippen molar-refractivity contribution in [3.63, 3.8) is 0 Å². The fourth-order valence-corrected chi connectivity index (χ4v) is 4.92. The number of Topliss-reactive ketones (excluding diaryl/α,β-unsaturated/α-hetero) is 1. The molecule has 3 nitrogen and oxygen atoms in total. The van der Waals surface area contributed by atoms with E-state index in [9.17, 15) is 15.0 Å². The van der Waals surface area contributed by atoms with Crippen molar-refractivity contribution in [3.05, 3.63) is 28.8 Å². The topological polar surface area (TPSA) is 57.5 Å². The number of fused-ring (bicyclic) bond motifs is 3. The molecule has 2 aliphatic carbocycles. The normalized spacial score (nSPS) is 32.6. The van der Waals surface area contributed by atoms with Gasteiger partial charge in [0.2, 0.25) is 0 Å². The summed E-state index contributed by atoms with van der Waals surface area (Å²) in [4.78, 5) is 12.8. The van der Waals surface area contributed by atoms with Crippen LogP contribution in [0.4, 0.5) is 0 Å². The Morgan fingerprint density at radius 2 is 1.78 bits per heavy atom. The molecule has 0 amide bonds. The maximum Gasteiger partial charge on any atom is 0.166 e. The Labute approximate surface area is 138 Å². The molecule has 0 aromatic heterocycles. The molecular weight excluding hydrogens is 288 g/mol. The zero-order chi connectivity index (χ0) is 17.2. The first-order chi connectivity index (χ1) is 10.5. The number of carbonyl (C=O) groups is 1. The van der Waals surface area contributed by atoms with Crippen LogP contribution in [0.5, 0.6) is 5.75 Å². The molecule has 0 bridgehead atoms. The van der Waals surface area contributed by atoms with E-state index in [0.29, 0.717) is 5.56 Å². The van der Waals surface area contributed by atoms with Crippen molar-refractivity contribution in [1.29, 1.82) is 0 Å². The van der Waals surface area contributed by atoms with Gasteiger partial charge in [-0.15, -0.1) is 0 Å². The molecule has 2 unspecified atom stereocenters. The fraction of sp³-hybridized carbons (Fsp3) is 0.650. The van der Waals surface area contributed by atoms with Crippen molar-refractivity contribution in [2.24, 2.45) is 5.41 Å². The minimum absolute atomic E-state index is 0.00292. The lowest BCUT2D eigenvalue weighted by Crippen LogP contribution is -2.64. The monoisotopic (exact) mass is 316 g/mol. The molecule has 1 aromatic carbocycles. The lowest BCUT2D eigenvalue weighted by Gasteiger charge is -2.59. The third-order valence-electron chi connectivity index (χ3n) is 6.61. The first-order valence-corrected chi connectivity index (χ1v) is 8.66. The van der Waals surface area contributed by atoms with Gasteiger partial charge in [0.15, 0.2) is 5.78 Å². The van der Waals surface area contributed by atoms with Gasteiger partial charge >= 0.3 is 0 Å². The van der Waals surface area contributed by atoms with E-state index in [2.05, 4.69) is 20.8 Å². The van der Waals surface area contributed by atoms with Gasteiger partial charge in [0.05, 0.1) is 5.60 Å². The summed E-state index contributed by atoms with van der Waals surface area (Å²) in [6.07, 6.45) is 2.95. The summed E-state index contributed by atoms with van der Waals surface area (Å²) < 4.78 is 0. The van der Waals surface area contributed by atoms with E-state index in [-0.39, 0.29) is 29.3 Å². The third kappa shape index (κ3) is 2.02. The predicted molar refractivity (Wildman–Crippen MR) is 91.1 cm³/mol. The maximum absolute atomic E-state index is 12.8. The van der Waals surface area contributed by atoms with Crippen molar-refractivity contribution >= 4 is 5.78 Å². The fourth-order valence-electron chi connectivity index (χ4n) is 4.92. The minimum Gasteiger partial charge on any atom is -0.508 e. The Kier molecular flexibility index (Phi) is 3.46. The van der Waals surface area contributed by atoms with E-state index in [1.165, 1.54) is 0 Å². The highest BCUT2D eigenvalue weighted by Gasteiger charge is 2.62. The minimum atomic E-state index is -1.06. The van der Waals surface area contributed by atoms with Gasteiger partial charge in [-0.3, -0.25) is 4.79 Å². The van der Waals surface area contributed by atoms with Gasteiger partial charge in [-0.05, 0) is 47.4 Å². The third-order valence-corrected chi connectivity index (χ3v) is 6.61. The van der Waals surface area contributed by atoms with Crippen molar-refractivity contribution in [3.8, 4) is 5.75 Å². The van der Waals surface area contributed by atoms with Crippen molar-refractivity contribution in [1.82, 2.24) is 0 Å². The summed E-state index contributed by atoms with van der Waals surface area (Å²) in [5.74, 6) is 0.391. The first kappa shape index (κ1) is 16.5. The molecule has 0 spiro atoms. The van der Waals surface area contributed by atoms with Gasteiger partial charge in [0.1, 0.15) is 5.75 Å². The number of rotatable bonds is 1. The standard InChI is InChI=1S/C20H28O3/c1-12(2)13-9-14-15(10-16(13)21)19(5)8-6-7-18(3,4)20(19,23)11-17(14)22/h9-10,12,21,23H,6-8,11H2,1-5H3. The van der Waals surface area contributed by atoms with Crippen molar-refractivity contribution in [2.75, 3.05) is 0 Å². The van der Waals surface area contributed by atoms with E-state index in [1.807, 2.05) is 19.9 Å². The summed E-state index contributed by atoms with van der Waals surface area (Å²) in [6, 6.07) is 3.60. The number of hydrogen-bond donors (Lipinski definition) is 2. The van der Waals surface area contributed by atoms with E-state index in [1.54, 1.807) is 6.07 Å². The highest BCUT2D eigenvalue weighted by Crippen LogP contribution is 2.60. The molecule has 0 saturated heterocycles. The van der Waals surface area contributed by atoms with Crippen LogP contribution in [0.15, 0.2) is 12.1 Å². The number of aliphatic hydroxyl groups is 1. The zero-order valence-corrected chi connectivity index (χ0v) is 14.9. The van der Waals surface area contributed by atoms with Gasteiger partial charge in [-0.2, -0.15) is 0 Å². The Balaban J connectivity index is 2.27. The summed E-state index contributed by atoms with van der Waals surface area (Å²) in [7, 11) is 0. The highest BCUT2D eigenvalue weighted by molar-refractivity contribution is 6.01.